The Morgan fingerprint density at radius 1 is 1.05 bits per heavy atom. The number of hydrogen-bond donors (Lipinski definition) is 0. The molecule has 3 heterocycles. The summed E-state index contributed by atoms with van der Waals surface area (Å²) in [4.78, 5) is 30.3. The van der Waals surface area contributed by atoms with Gasteiger partial charge < -0.3 is 33.2 Å². The van der Waals surface area contributed by atoms with E-state index < -0.39 is 0 Å². The summed E-state index contributed by atoms with van der Waals surface area (Å²) in [6.07, 6.45) is 6.56. The minimum atomic E-state index is -0.0875. The lowest BCUT2D eigenvalue weighted by Crippen LogP contribution is -2.27. The van der Waals surface area contributed by atoms with Crippen LogP contribution in [-0.4, -0.2) is 73.9 Å². The Labute approximate surface area is 241 Å². The van der Waals surface area contributed by atoms with E-state index in [1.165, 1.54) is 0 Å². The van der Waals surface area contributed by atoms with E-state index >= 15 is 0 Å². The number of aldehydes is 1. The second kappa shape index (κ2) is 13.5. The number of benzene rings is 2. The van der Waals surface area contributed by atoms with Crippen LogP contribution in [0.2, 0.25) is 0 Å². The quantitative estimate of drug-likeness (QED) is 0.137. The highest BCUT2D eigenvalue weighted by atomic mass is 33.1. The first kappa shape index (κ1) is 29.8. The molecule has 40 heavy (non-hydrogen) atoms. The molecule has 1 aliphatic rings. The van der Waals surface area contributed by atoms with Crippen LogP contribution in [0.15, 0.2) is 35.3 Å². The van der Waals surface area contributed by atoms with Gasteiger partial charge in [-0.25, -0.2) is 0 Å². The maximum absolute atomic E-state index is 13.7. The van der Waals surface area contributed by atoms with Gasteiger partial charge >= 0.3 is 0 Å². The first-order valence-electron chi connectivity index (χ1n) is 12.9. The lowest BCUT2D eigenvalue weighted by Gasteiger charge is -2.18. The normalized spacial score (nSPS) is 13.0. The van der Waals surface area contributed by atoms with E-state index in [2.05, 4.69) is 23.1 Å². The second-order valence-corrected chi connectivity index (χ2v) is 12.5. The highest BCUT2D eigenvalue weighted by molar-refractivity contribution is 8.76. The van der Waals surface area contributed by atoms with Gasteiger partial charge in [0.1, 0.15) is 6.29 Å². The van der Waals surface area contributed by atoms with Crippen molar-refractivity contribution in [2.24, 2.45) is 0 Å². The Kier molecular flexibility index (Phi) is 10.0. The van der Waals surface area contributed by atoms with Crippen molar-refractivity contribution in [2.45, 2.75) is 31.6 Å². The molecule has 2 aromatic carbocycles. The van der Waals surface area contributed by atoms with Crippen molar-refractivity contribution >= 4 is 60.5 Å². The molecule has 9 nitrogen and oxygen atoms in total. The number of fused-ring (bicyclic) bond motifs is 6. The molecule has 1 unspecified atom stereocenters. The van der Waals surface area contributed by atoms with E-state index in [-0.39, 0.29) is 12.4 Å². The Hall–Kier alpha value is -3.15. The van der Waals surface area contributed by atoms with E-state index in [0.29, 0.717) is 53.1 Å². The lowest BCUT2D eigenvalue weighted by atomic mass is 10.0. The Bertz CT molecular complexity index is 1570. The van der Waals surface area contributed by atoms with E-state index in [9.17, 15) is 9.59 Å². The summed E-state index contributed by atoms with van der Waals surface area (Å²) in [7, 11) is 10.7. The van der Waals surface area contributed by atoms with Crippen molar-refractivity contribution in [3.8, 4) is 23.0 Å². The molecule has 0 bridgehead atoms. The van der Waals surface area contributed by atoms with Gasteiger partial charge in [-0.1, -0.05) is 28.5 Å². The summed E-state index contributed by atoms with van der Waals surface area (Å²) in [6.45, 7) is 3.56. The predicted molar refractivity (Wildman–Crippen MR) is 165 cm³/mol. The lowest BCUT2D eigenvalue weighted by molar-refractivity contribution is -0.107. The average molecular weight is 586 g/mol. The zero-order chi connectivity index (χ0) is 28.8. The molecule has 0 fully saturated rings. The maximum atomic E-state index is 13.7. The minimum Gasteiger partial charge on any atom is -0.493 e. The van der Waals surface area contributed by atoms with Crippen molar-refractivity contribution in [3.63, 3.8) is 0 Å². The summed E-state index contributed by atoms with van der Waals surface area (Å²) >= 11 is 0. The molecule has 11 heteroatoms. The molecular weight excluding hydrogens is 550 g/mol. The Morgan fingerprint density at radius 3 is 2.35 bits per heavy atom. The van der Waals surface area contributed by atoms with Crippen LogP contribution in [-0.2, 0) is 11.3 Å². The molecule has 0 saturated heterocycles. The number of pyridine rings is 2. The van der Waals surface area contributed by atoms with Crippen molar-refractivity contribution in [1.82, 2.24) is 14.5 Å². The molecule has 4 aromatic rings. The van der Waals surface area contributed by atoms with Crippen LogP contribution in [0.25, 0.3) is 32.6 Å². The largest absolute Gasteiger partial charge is 0.493 e. The number of carbonyl (C=O) groups excluding carboxylic acids is 1. The van der Waals surface area contributed by atoms with Crippen LogP contribution in [0.1, 0.15) is 19.8 Å². The van der Waals surface area contributed by atoms with Crippen LogP contribution in [0.5, 0.6) is 23.0 Å². The molecule has 2 aromatic heterocycles. The zero-order valence-electron chi connectivity index (χ0n) is 23.7. The smallest absolute Gasteiger partial charge is 0.259 e. The van der Waals surface area contributed by atoms with E-state index in [1.807, 2.05) is 47.7 Å². The number of nitrogens with zero attached hydrogens (tertiary/aromatic N) is 3. The molecule has 1 atom stereocenters. The number of ether oxygens (including phenoxy) is 4. The van der Waals surface area contributed by atoms with Crippen molar-refractivity contribution in [2.75, 3.05) is 47.9 Å². The van der Waals surface area contributed by atoms with Gasteiger partial charge in [-0.15, -0.1) is 0 Å². The molecule has 0 spiro atoms. The van der Waals surface area contributed by atoms with Gasteiger partial charge in [-0.3, -0.25) is 9.78 Å². The SMILES string of the molecule is COc1cc2c(=O)n(CCN(C)C)c3c4cc5c(cc4ncc3c2cc1OC)OCO5.CSSC(C)CCC=O. The first-order valence-corrected chi connectivity index (χ1v) is 15.5. The monoisotopic (exact) mass is 585 g/mol. The fourth-order valence-electron chi connectivity index (χ4n) is 4.61. The number of aromatic nitrogens is 2. The van der Waals surface area contributed by atoms with Crippen molar-refractivity contribution in [1.29, 1.82) is 0 Å². The predicted octanol–water partition coefficient (Wildman–Crippen LogP) is 5.38. The third-order valence-corrected chi connectivity index (χ3v) is 8.94. The summed E-state index contributed by atoms with van der Waals surface area (Å²) < 4.78 is 23.9. The van der Waals surface area contributed by atoms with Crippen LogP contribution in [0, 0.1) is 0 Å². The summed E-state index contributed by atoms with van der Waals surface area (Å²) in [5.41, 5.74) is 1.47. The highest BCUT2D eigenvalue weighted by Gasteiger charge is 2.21. The molecule has 214 valence electrons. The van der Waals surface area contributed by atoms with Crippen molar-refractivity contribution in [3.05, 3.63) is 40.8 Å². The molecule has 1 aliphatic heterocycles. The third-order valence-electron chi connectivity index (χ3n) is 6.62. The topological polar surface area (TPSA) is 92.1 Å². The van der Waals surface area contributed by atoms with Crippen LogP contribution >= 0.6 is 21.6 Å². The third kappa shape index (κ3) is 6.26. The van der Waals surface area contributed by atoms with Gasteiger partial charge in [0.15, 0.2) is 23.0 Å². The summed E-state index contributed by atoms with van der Waals surface area (Å²) in [6, 6.07) is 7.35. The van der Waals surface area contributed by atoms with Gasteiger partial charge in [0, 0.05) is 53.2 Å². The Balaban J connectivity index is 0.000000357. The fraction of sp³-hybridized carbons (Fsp3) is 0.414. The molecule has 0 N–H and O–H groups in total. The van der Waals surface area contributed by atoms with Crippen LogP contribution in [0.4, 0.5) is 0 Å². The molecule has 0 amide bonds. The fourth-order valence-corrected chi connectivity index (χ4v) is 6.45. The summed E-state index contributed by atoms with van der Waals surface area (Å²) in [5.74, 6) is 2.39. The summed E-state index contributed by atoms with van der Waals surface area (Å²) in [5, 5.41) is 3.65. The van der Waals surface area contributed by atoms with E-state index in [4.69, 9.17) is 18.9 Å². The second-order valence-electron chi connectivity index (χ2n) is 9.57. The molecular formula is C29H35N3O6S2. The first-order chi connectivity index (χ1) is 19.3. The van der Waals surface area contributed by atoms with Crippen LogP contribution < -0.4 is 24.5 Å². The molecule has 0 saturated carbocycles. The molecule has 0 radical (unpaired) electrons. The number of rotatable bonds is 10. The number of methoxy groups -OCH3 is 2. The van der Waals surface area contributed by atoms with Crippen molar-refractivity contribution < 1.29 is 23.7 Å². The average Bonchev–Trinajstić information content (AvgIpc) is 3.41. The zero-order valence-corrected chi connectivity index (χ0v) is 25.3. The highest BCUT2D eigenvalue weighted by Crippen LogP contribution is 2.40. The number of likely N-dealkylation sites (N-methyl/N-ethyl adjacent to an activating group) is 1. The van der Waals surface area contributed by atoms with E-state index in [1.54, 1.807) is 37.3 Å². The van der Waals surface area contributed by atoms with Gasteiger partial charge in [0.05, 0.1) is 30.6 Å². The number of carbonyl (C=O) groups is 1. The number of hydrogen-bond acceptors (Lipinski definition) is 10. The van der Waals surface area contributed by atoms with E-state index in [0.717, 1.165) is 39.9 Å². The molecule has 5 rings (SSSR count). The molecule has 0 aliphatic carbocycles. The van der Waals surface area contributed by atoms with Crippen LogP contribution in [0.3, 0.4) is 0 Å². The Morgan fingerprint density at radius 2 is 1.73 bits per heavy atom. The maximum Gasteiger partial charge on any atom is 0.259 e. The van der Waals surface area contributed by atoms with Gasteiger partial charge in [-0.05, 0) is 45.0 Å². The minimum absolute atomic E-state index is 0.0875. The van der Waals surface area contributed by atoms with Gasteiger partial charge in [-0.2, -0.15) is 0 Å². The van der Waals surface area contributed by atoms with Gasteiger partial charge in [0.25, 0.3) is 5.56 Å². The van der Waals surface area contributed by atoms with Gasteiger partial charge in [0.2, 0.25) is 6.79 Å². The standard InChI is InChI=1S/C23H23N3O5.C6H12OS2/c1-25(2)5-6-26-22-15-9-20-21(31-12-30-20)10-17(15)24-11-16(22)13-7-18(28-3)19(29-4)8-14(13)23(26)27;1-6(9-8-2)4-3-5-7/h7-11H,5-6,12H2,1-4H3;5-6H,3-4H2,1-2H3.